The molecule has 2 aliphatic rings. The Labute approximate surface area is 208 Å². The molecule has 0 aromatic carbocycles. The highest BCUT2D eigenvalue weighted by Crippen LogP contribution is 2.41. The average Bonchev–Trinajstić information content (AvgIpc) is 2.87. The number of pyridine rings is 2. The monoisotopic (exact) mass is 487 g/mol. The summed E-state index contributed by atoms with van der Waals surface area (Å²) in [6, 6.07) is 9.71. The first-order valence-electron chi connectivity index (χ1n) is 11.4. The van der Waals surface area contributed by atoms with Crippen LogP contribution in [0.1, 0.15) is 54.0 Å². The lowest BCUT2D eigenvalue weighted by Crippen LogP contribution is -2.26. The second kappa shape index (κ2) is 11.1. The molecule has 3 heterocycles. The summed E-state index contributed by atoms with van der Waals surface area (Å²) in [5.41, 5.74) is 9.77. The number of nitrogens with zero attached hydrogens (tertiary/aromatic N) is 4. The number of carbonyl (C=O) groups excluding carboxylic acids is 1. The zero-order valence-electron chi connectivity index (χ0n) is 19.4. The van der Waals surface area contributed by atoms with Crippen molar-refractivity contribution in [3.8, 4) is 12.1 Å². The summed E-state index contributed by atoms with van der Waals surface area (Å²) >= 11 is 1.31. The quantitative estimate of drug-likeness (QED) is 0.489. The molecule has 8 nitrogen and oxygen atoms in total. The summed E-state index contributed by atoms with van der Waals surface area (Å²) < 4.78 is 10.8. The Hall–Kier alpha value is -3.82. The van der Waals surface area contributed by atoms with E-state index in [1.807, 2.05) is 6.07 Å². The second-order valence-electron chi connectivity index (χ2n) is 8.30. The van der Waals surface area contributed by atoms with E-state index in [1.165, 1.54) is 31.7 Å². The van der Waals surface area contributed by atoms with E-state index in [4.69, 9.17) is 20.2 Å². The molecule has 2 aromatic heterocycles. The van der Waals surface area contributed by atoms with Crippen LogP contribution in [0.25, 0.3) is 0 Å². The molecule has 178 valence electrons. The van der Waals surface area contributed by atoms with Crippen molar-refractivity contribution in [3.05, 3.63) is 75.8 Å². The van der Waals surface area contributed by atoms with Gasteiger partial charge in [0.15, 0.2) is 0 Å². The second-order valence-corrected chi connectivity index (χ2v) is 9.26. The Morgan fingerprint density at radius 2 is 1.94 bits per heavy atom. The highest BCUT2D eigenvalue weighted by Gasteiger charge is 2.37. The third-order valence-electron chi connectivity index (χ3n) is 6.17. The van der Waals surface area contributed by atoms with Gasteiger partial charge in [0.2, 0.25) is 5.88 Å². The van der Waals surface area contributed by atoms with Gasteiger partial charge in [-0.05, 0) is 55.0 Å². The summed E-state index contributed by atoms with van der Waals surface area (Å²) in [7, 11) is 1.28. The van der Waals surface area contributed by atoms with Crippen molar-refractivity contribution in [1.82, 2.24) is 9.97 Å². The number of hydrogen-bond acceptors (Lipinski definition) is 9. The van der Waals surface area contributed by atoms with Gasteiger partial charge in [0.05, 0.1) is 29.9 Å². The molecule has 0 bridgehead atoms. The van der Waals surface area contributed by atoms with Crippen molar-refractivity contribution < 1.29 is 14.3 Å². The Morgan fingerprint density at radius 1 is 1.20 bits per heavy atom. The Bertz CT molecular complexity index is 1270. The zero-order chi connectivity index (χ0) is 24.8. The number of nitrogens with two attached hydrogens (primary N) is 1. The van der Waals surface area contributed by atoms with Crippen LogP contribution in [0.4, 0.5) is 0 Å². The number of methoxy groups -OCH3 is 1. The van der Waals surface area contributed by atoms with Gasteiger partial charge < -0.3 is 15.2 Å². The molecule has 0 radical (unpaired) electrons. The van der Waals surface area contributed by atoms with Gasteiger partial charge >= 0.3 is 5.97 Å². The topological polar surface area (TPSA) is 135 Å². The number of fused-ring (bicyclic) bond motifs is 1. The van der Waals surface area contributed by atoms with Gasteiger partial charge in [-0.1, -0.05) is 24.6 Å². The van der Waals surface area contributed by atoms with Crippen LogP contribution in [0.5, 0.6) is 0 Å². The number of allylic oxidation sites excluding steroid dienone is 1. The fraction of sp³-hybridized carbons (Fsp3) is 0.346. The minimum atomic E-state index is -0.751. The number of nitriles is 2. The van der Waals surface area contributed by atoms with E-state index in [9.17, 15) is 15.3 Å². The standard InChI is InChI=1S/C26H25N5O3S/c1-33-26(32)23-21(34-24(29)19(14-28)22(23)16-8-10-30-11-9-16)15-35-25-18(13-27)12-17-6-4-2-3-5-7-20(17)31-25/h8-12,22H,2-7,15,29H2,1H3/t22-/m1/s1. The number of aryl methyl sites for hydroxylation is 2. The maximum absolute atomic E-state index is 12.9. The van der Waals surface area contributed by atoms with Crippen molar-refractivity contribution in [3.63, 3.8) is 0 Å². The molecule has 2 aromatic rings. The molecule has 0 fully saturated rings. The summed E-state index contributed by atoms with van der Waals surface area (Å²) in [6.07, 6.45) is 9.51. The number of ether oxygens (including phenoxy) is 2. The maximum Gasteiger partial charge on any atom is 0.338 e. The summed E-state index contributed by atoms with van der Waals surface area (Å²) in [5, 5.41) is 20.1. The minimum absolute atomic E-state index is 0.0655. The van der Waals surface area contributed by atoms with Gasteiger partial charge in [-0.25, -0.2) is 9.78 Å². The molecule has 2 N–H and O–H groups in total. The fourth-order valence-electron chi connectivity index (χ4n) is 4.44. The SMILES string of the molecule is COC(=O)C1=C(CSc2nc3c(cc2C#N)CCCCCC3)OC(N)=C(C#N)[C@H]1c1ccncc1. The average molecular weight is 488 g/mol. The van der Waals surface area contributed by atoms with Crippen molar-refractivity contribution in [2.75, 3.05) is 12.9 Å². The number of thioether (sulfide) groups is 1. The first kappa shape index (κ1) is 24.3. The van der Waals surface area contributed by atoms with Crippen molar-refractivity contribution in [1.29, 1.82) is 10.5 Å². The van der Waals surface area contributed by atoms with Crippen LogP contribution >= 0.6 is 11.8 Å². The molecule has 9 heteroatoms. The highest BCUT2D eigenvalue weighted by atomic mass is 32.2. The van der Waals surface area contributed by atoms with Gasteiger partial charge in [0.1, 0.15) is 28.5 Å². The molecule has 0 saturated heterocycles. The molecule has 0 spiro atoms. The van der Waals surface area contributed by atoms with Crippen LogP contribution in [-0.4, -0.2) is 28.8 Å². The van der Waals surface area contributed by atoms with E-state index >= 15 is 0 Å². The number of esters is 1. The van der Waals surface area contributed by atoms with E-state index in [2.05, 4.69) is 17.1 Å². The summed E-state index contributed by atoms with van der Waals surface area (Å²) in [4.78, 5) is 21.8. The van der Waals surface area contributed by atoms with E-state index < -0.39 is 11.9 Å². The van der Waals surface area contributed by atoms with E-state index in [1.54, 1.807) is 24.5 Å². The maximum atomic E-state index is 12.9. The van der Waals surface area contributed by atoms with Gasteiger partial charge in [0.25, 0.3) is 0 Å². The molecule has 0 saturated carbocycles. The molecule has 1 atom stereocenters. The van der Waals surface area contributed by atoms with Gasteiger partial charge in [-0.2, -0.15) is 10.5 Å². The van der Waals surface area contributed by atoms with E-state index in [0.29, 0.717) is 16.2 Å². The van der Waals surface area contributed by atoms with Gasteiger partial charge in [-0.3, -0.25) is 4.98 Å². The van der Waals surface area contributed by atoms with Crippen molar-refractivity contribution in [2.45, 2.75) is 49.5 Å². The first-order chi connectivity index (χ1) is 17.1. The van der Waals surface area contributed by atoms with Gasteiger partial charge in [-0.15, -0.1) is 0 Å². The largest absolute Gasteiger partial charge is 0.466 e. The minimum Gasteiger partial charge on any atom is -0.466 e. The van der Waals surface area contributed by atoms with Crippen LogP contribution in [0.3, 0.4) is 0 Å². The number of hydrogen-bond donors (Lipinski definition) is 1. The van der Waals surface area contributed by atoms with E-state index in [-0.39, 0.29) is 28.5 Å². The van der Waals surface area contributed by atoms with Crippen molar-refractivity contribution in [2.24, 2.45) is 5.73 Å². The highest BCUT2D eigenvalue weighted by molar-refractivity contribution is 7.99. The molecule has 0 amide bonds. The van der Waals surface area contributed by atoms with E-state index in [0.717, 1.165) is 36.9 Å². The number of rotatable bonds is 5. The Morgan fingerprint density at radius 3 is 2.63 bits per heavy atom. The fourth-order valence-corrected chi connectivity index (χ4v) is 5.36. The van der Waals surface area contributed by atoms with Crippen molar-refractivity contribution >= 4 is 17.7 Å². The normalized spacial score (nSPS) is 17.9. The number of carbonyl (C=O) groups is 1. The lowest BCUT2D eigenvalue weighted by molar-refractivity contribution is -0.136. The molecule has 1 aliphatic carbocycles. The van der Waals surface area contributed by atoms with Crippen LogP contribution in [0, 0.1) is 22.7 Å². The summed E-state index contributed by atoms with van der Waals surface area (Å²) in [6.45, 7) is 0. The predicted octanol–water partition coefficient (Wildman–Crippen LogP) is 4.03. The van der Waals surface area contributed by atoms with Crippen LogP contribution < -0.4 is 5.73 Å². The summed E-state index contributed by atoms with van der Waals surface area (Å²) in [5.74, 6) is -0.971. The number of aromatic nitrogens is 2. The zero-order valence-corrected chi connectivity index (χ0v) is 20.2. The molecule has 0 unspecified atom stereocenters. The molecule has 35 heavy (non-hydrogen) atoms. The Balaban J connectivity index is 1.72. The first-order valence-corrected chi connectivity index (χ1v) is 12.4. The molecule has 1 aliphatic heterocycles. The molecular formula is C26H25N5O3S. The lowest BCUT2D eigenvalue weighted by atomic mass is 9.83. The third-order valence-corrected chi connectivity index (χ3v) is 7.16. The smallest absolute Gasteiger partial charge is 0.338 e. The Kier molecular flexibility index (Phi) is 7.69. The molecular weight excluding hydrogens is 462 g/mol. The third kappa shape index (κ3) is 5.16. The van der Waals surface area contributed by atoms with Crippen LogP contribution in [0.2, 0.25) is 0 Å². The van der Waals surface area contributed by atoms with Crippen LogP contribution in [0.15, 0.2) is 58.4 Å². The van der Waals surface area contributed by atoms with Crippen LogP contribution in [-0.2, 0) is 27.1 Å². The lowest BCUT2D eigenvalue weighted by Gasteiger charge is -2.27. The molecule has 4 rings (SSSR count). The predicted molar refractivity (Wildman–Crippen MR) is 129 cm³/mol. The van der Waals surface area contributed by atoms with Gasteiger partial charge in [0, 0.05) is 18.1 Å².